The number of urea groups is 1. The maximum atomic E-state index is 12.8. The lowest BCUT2D eigenvalue weighted by Gasteiger charge is -2.22. The van der Waals surface area contributed by atoms with E-state index in [-0.39, 0.29) is 24.9 Å². The average Bonchev–Trinajstić information content (AvgIpc) is 2.81. The van der Waals surface area contributed by atoms with Crippen LogP contribution >= 0.6 is 0 Å². The van der Waals surface area contributed by atoms with Crippen LogP contribution in [0.1, 0.15) is 12.5 Å². The summed E-state index contributed by atoms with van der Waals surface area (Å²) in [4.78, 5) is 25.9. The first-order valence-corrected chi connectivity index (χ1v) is 7.59. The van der Waals surface area contributed by atoms with Crippen LogP contribution in [0.3, 0.4) is 0 Å². The van der Waals surface area contributed by atoms with Crippen LogP contribution in [0.4, 0.5) is 9.18 Å². The SMILES string of the molecule is C[C@]1(c2ccccc2)NC(=O)N(CCOc2ccc(F)cc2)C1=O. The van der Waals surface area contributed by atoms with Crippen molar-refractivity contribution in [3.8, 4) is 5.75 Å². The number of amides is 3. The van der Waals surface area contributed by atoms with Crippen molar-refractivity contribution in [1.29, 1.82) is 0 Å². The first-order chi connectivity index (χ1) is 11.5. The zero-order chi connectivity index (χ0) is 17.2. The molecule has 3 rings (SSSR count). The van der Waals surface area contributed by atoms with E-state index in [2.05, 4.69) is 5.32 Å². The highest BCUT2D eigenvalue weighted by Crippen LogP contribution is 2.28. The summed E-state index contributed by atoms with van der Waals surface area (Å²) in [5.74, 6) is -0.189. The highest BCUT2D eigenvalue weighted by atomic mass is 19.1. The molecule has 1 heterocycles. The monoisotopic (exact) mass is 328 g/mol. The van der Waals surface area contributed by atoms with Crippen molar-refractivity contribution in [3.05, 3.63) is 66.0 Å². The van der Waals surface area contributed by atoms with Crippen molar-refractivity contribution in [3.63, 3.8) is 0 Å². The number of halogens is 1. The molecule has 1 aliphatic rings. The van der Waals surface area contributed by atoms with Gasteiger partial charge in [-0.1, -0.05) is 30.3 Å². The maximum absolute atomic E-state index is 12.8. The third-order valence-corrected chi connectivity index (χ3v) is 4.02. The van der Waals surface area contributed by atoms with E-state index in [0.29, 0.717) is 5.75 Å². The van der Waals surface area contributed by atoms with Crippen LogP contribution in [-0.2, 0) is 10.3 Å². The van der Waals surface area contributed by atoms with Crippen LogP contribution in [0.2, 0.25) is 0 Å². The molecule has 6 heteroatoms. The number of hydrogen-bond acceptors (Lipinski definition) is 3. The summed E-state index contributed by atoms with van der Waals surface area (Å²) in [5, 5.41) is 2.73. The van der Waals surface area contributed by atoms with Gasteiger partial charge in [-0.3, -0.25) is 9.69 Å². The number of benzene rings is 2. The number of nitrogens with one attached hydrogen (secondary N) is 1. The van der Waals surface area contributed by atoms with Gasteiger partial charge < -0.3 is 10.1 Å². The molecule has 0 bridgehead atoms. The summed E-state index contributed by atoms with van der Waals surface area (Å²) in [7, 11) is 0. The molecule has 0 radical (unpaired) electrons. The predicted molar refractivity (Wildman–Crippen MR) is 85.9 cm³/mol. The first-order valence-electron chi connectivity index (χ1n) is 7.59. The Morgan fingerprint density at radius 1 is 1.08 bits per heavy atom. The number of carbonyl (C=O) groups is 2. The molecule has 2 aromatic rings. The lowest BCUT2D eigenvalue weighted by atomic mass is 9.92. The Hall–Kier alpha value is -2.89. The highest BCUT2D eigenvalue weighted by molar-refractivity contribution is 6.07. The Morgan fingerprint density at radius 3 is 2.42 bits per heavy atom. The van der Waals surface area contributed by atoms with E-state index >= 15 is 0 Å². The molecule has 1 N–H and O–H groups in total. The number of rotatable bonds is 5. The molecule has 2 aromatic carbocycles. The number of nitrogens with zero attached hydrogens (tertiary/aromatic N) is 1. The maximum Gasteiger partial charge on any atom is 0.325 e. The molecule has 124 valence electrons. The molecule has 1 fully saturated rings. The van der Waals surface area contributed by atoms with Gasteiger partial charge in [0.25, 0.3) is 5.91 Å². The van der Waals surface area contributed by atoms with Gasteiger partial charge in [-0.25, -0.2) is 9.18 Å². The number of imide groups is 1. The van der Waals surface area contributed by atoms with E-state index < -0.39 is 11.6 Å². The number of ether oxygens (including phenoxy) is 1. The van der Waals surface area contributed by atoms with Gasteiger partial charge in [-0.05, 0) is 36.8 Å². The van der Waals surface area contributed by atoms with Crippen molar-refractivity contribution < 1.29 is 18.7 Å². The summed E-state index contributed by atoms with van der Waals surface area (Å²) in [6, 6.07) is 14.2. The molecule has 0 saturated carbocycles. The molecule has 3 amide bonds. The summed E-state index contributed by atoms with van der Waals surface area (Å²) >= 11 is 0. The third-order valence-electron chi connectivity index (χ3n) is 4.02. The fourth-order valence-electron chi connectivity index (χ4n) is 2.65. The first kappa shape index (κ1) is 16.0. The van der Waals surface area contributed by atoms with Gasteiger partial charge in [0.1, 0.15) is 23.7 Å². The van der Waals surface area contributed by atoms with Gasteiger partial charge in [-0.2, -0.15) is 0 Å². The minimum Gasteiger partial charge on any atom is -0.492 e. The summed E-state index contributed by atoms with van der Waals surface area (Å²) in [6.45, 7) is 1.93. The summed E-state index contributed by atoms with van der Waals surface area (Å²) in [6.07, 6.45) is 0. The second-order valence-corrected chi connectivity index (χ2v) is 5.68. The minimum atomic E-state index is -1.08. The van der Waals surface area contributed by atoms with Gasteiger partial charge >= 0.3 is 6.03 Å². The van der Waals surface area contributed by atoms with Gasteiger partial charge in [-0.15, -0.1) is 0 Å². The molecule has 0 unspecified atom stereocenters. The minimum absolute atomic E-state index is 0.116. The third kappa shape index (κ3) is 2.95. The topological polar surface area (TPSA) is 58.6 Å². The van der Waals surface area contributed by atoms with Crippen molar-refractivity contribution in [2.45, 2.75) is 12.5 Å². The molecular formula is C18H17FN2O3. The molecule has 5 nitrogen and oxygen atoms in total. The largest absolute Gasteiger partial charge is 0.492 e. The Morgan fingerprint density at radius 2 is 1.75 bits per heavy atom. The van der Waals surface area contributed by atoms with E-state index in [9.17, 15) is 14.0 Å². The Labute approximate surface area is 139 Å². The Kier molecular flexibility index (Phi) is 4.20. The summed E-state index contributed by atoms with van der Waals surface area (Å²) in [5.41, 5.74) is -0.348. The quantitative estimate of drug-likeness (QED) is 0.859. The lowest BCUT2D eigenvalue weighted by molar-refractivity contribution is -0.131. The van der Waals surface area contributed by atoms with Crippen LogP contribution in [0, 0.1) is 5.82 Å². The molecule has 1 aliphatic heterocycles. The van der Waals surface area contributed by atoms with E-state index in [4.69, 9.17) is 4.74 Å². The summed E-state index contributed by atoms with van der Waals surface area (Å²) < 4.78 is 18.3. The van der Waals surface area contributed by atoms with E-state index in [1.807, 2.05) is 18.2 Å². The van der Waals surface area contributed by atoms with Gasteiger partial charge in [0.05, 0.1) is 6.54 Å². The van der Waals surface area contributed by atoms with Gasteiger partial charge in [0.15, 0.2) is 0 Å². The van der Waals surface area contributed by atoms with Crippen LogP contribution in [0.25, 0.3) is 0 Å². The number of carbonyl (C=O) groups excluding carboxylic acids is 2. The van der Waals surface area contributed by atoms with Crippen LogP contribution in [0.15, 0.2) is 54.6 Å². The molecule has 1 saturated heterocycles. The fourth-order valence-corrected chi connectivity index (χ4v) is 2.65. The Bertz CT molecular complexity index is 749. The molecular weight excluding hydrogens is 311 g/mol. The highest BCUT2D eigenvalue weighted by Gasteiger charge is 2.48. The molecule has 24 heavy (non-hydrogen) atoms. The molecule has 0 spiro atoms. The lowest BCUT2D eigenvalue weighted by Crippen LogP contribution is -2.41. The van der Waals surface area contributed by atoms with Crippen LogP contribution in [0.5, 0.6) is 5.75 Å². The van der Waals surface area contributed by atoms with E-state index in [1.165, 1.54) is 24.3 Å². The van der Waals surface area contributed by atoms with E-state index in [1.54, 1.807) is 19.1 Å². The number of hydrogen-bond donors (Lipinski definition) is 1. The van der Waals surface area contributed by atoms with Crippen LogP contribution in [-0.4, -0.2) is 30.0 Å². The second kappa shape index (κ2) is 6.31. The van der Waals surface area contributed by atoms with Gasteiger partial charge in [0.2, 0.25) is 0 Å². The zero-order valence-corrected chi connectivity index (χ0v) is 13.2. The Balaban J connectivity index is 1.65. The standard InChI is InChI=1S/C18H17FN2O3/c1-18(13-5-3-2-4-6-13)16(22)21(17(23)20-18)11-12-24-15-9-7-14(19)8-10-15/h2-10H,11-12H2,1H3,(H,20,23)/t18-/m1/s1. The zero-order valence-electron chi connectivity index (χ0n) is 13.2. The van der Waals surface area contributed by atoms with Crippen molar-refractivity contribution in [2.24, 2.45) is 0 Å². The predicted octanol–water partition coefficient (Wildman–Crippen LogP) is 2.67. The second-order valence-electron chi connectivity index (χ2n) is 5.68. The van der Waals surface area contributed by atoms with E-state index in [0.717, 1.165) is 10.5 Å². The van der Waals surface area contributed by atoms with Crippen molar-refractivity contribution >= 4 is 11.9 Å². The fraction of sp³-hybridized carbons (Fsp3) is 0.222. The molecule has 0 aliphatic carbocycles. The molecule has 1 atom stereocenters. The van der Waals surface area contributed by atoms with Crippen molar-refractivity contribution in [2.75, 3.05) is 13.2 Å². The average molecular weight is 328 g/mol. The van der Waals surface area contributed by atoms with Crippen molar-refractivity contribution in [1.82, 2.24) is 10.2 Å². The smallest absolute Gasteiger partial charge is 0.325 e. The van der Waals surface area contributed by atoms with Crippen LogP contribution < -0.4 is 10.1 Å². The normalized spacial score (nSPS) is 20.2. The molecule has 0 aromatic heterocycles. The van der Waals surface area contributed by atoms with Gasteiger partial charge in [0, 0.05) is 0 Å².